The number of nitrogen functional groups attached to an aromatic ring is 2. The number of rotatable bonds is 3. The van der Waals surface area contributed by atoms with Crippen LogP contribution in [0.4, 0.5) is 17.3 Å². The minimum atomic E-state index is 0.749. The maximum Gasteiger partial charge on any atom is 0.228 e. The van der Waals surface area contributed by atoms with E-state index in [2.05, 4.69) is 33.7 Å². The van der Waals surface area contributed by atoms with Gasteiger partial charge in [-0.3, -0.25) is 0 Å². The van der Waals surface area contributed by atoms with Crippen molar-refractivity contribution in [3.8, 4) is 0 Å². The highest BCUT2D eigenvalue weighted by molar-refractivity contribution is 5.47. The Morgan fingerprint density at radius 2 is 1.32 bits per heavy atom. The van der Waals surface area contributed by atoms with Gasteiger partial charge >= 0.3 is 0 Å². The molecule has 0 atom stereocenters. The Morgan fingerprint density at radius 1 is 0.895 bits per heavy atom. The highest BCUT2D eigenvalue weighted by Gasteiger charge is 2.01. The zero-order valence-corrected chi connectivity index (χ0v) is 11.3. The van der Waals surface area contributed by atoms with Crippen molar-refractivity contribution >= 4 is 17.3 Å². The van der Waals surface area contributed by atoms with E-state index in [1.54, 1.807) is 24.3 Å². The second-order valence-electron chi connectivity index (χ2n) is 3.78. The highest BCUT2D eigenvalue weighted by atomic mass is 15.3. The highest BCUT2D eigenvalue weighted by Crippen LogP contribution is 2.05. The van der Waals surface area contributed by atoms with Gasteiger partial charge < -0.3 is 16.4 Å². The van der Waals surface area contributed by atoms with Crippen LogP contribution in [0.15, 0.2) is 36.9 Å². The first-order valence-electron chi connectivity index (χ1n) is 6.15. The van der Waals surface area contributed by atoms with Crippen LogP contribution < -0.4 is 16.4 Å². The van der Waals surface area contributed by atoms with Crippen LogP contribution in [0.5, 0.6) is 0 Å². The molecule has 102 valence electrons. The van der Waals surface area contributed by atoms with Crippen LogP contribution in [0.25, 0.3) is 0 Å². The topological polar surface area (TPSA) is 94.0 Å². The summed E-state index contributed by atoms with van der Waals surface area (Å²) in [6.07, 6.45) is 3.03. The number of aromatic nitrogens is 3. The summed E-state index contributed by atoms with van der Waals surface area (Å²) in [6, 6.07) is 7.09. The van der Waals surface area contributed by atoms with Crippen LogP contribution in [0.2, 0.25) is 0 Å². The Balaban J connectivity index is 0.000000200. The Morgan fingerprint density at radius 3 is 1.68 bits per heavy atom. The van der Waals surface area contributed by atoms with Crippen molar-refractivity contribution in [3.63, 3.8) is 0 Å². The van der Waals surface area contributed by atoms with E-state index in [0.717, 1.165) is 30.4 Å². The molecule has 0 spiro atoms. The van der Waals surface area contributed by atoms with Crippen LogP contribution in [0.1, 0.15) is 13.8 Å². The standard InChI is InChI=1S/C7H12N4.C6H8N2/c1-3-11(4-2)7-9-5-8-6-10-7;7-5-1-2-6(8)4-3-5/h5-6H,3-4H2,1-2H3;1-4H,7-8H2. The quantitative estimate of drug-likeness (QED) is 0.813. The number of benzene rings is 1. The van der Waals surface area contributed by atoms with Crippen LogP contribution in [-0.4, -0.2) is 28.0 Å². The molecule has 0 saturated heterocycles. The summed E-state index contributed by atoms with van der Waals surface area (Å²) in [5.41, 5.74) is 12.2. The van der Waals surface area contributed by atoms with Crippen molar-refractivity contribution in [1.82, 2.24) is 15.0 Å². The molecule has 0 radical (unpaired) electrons. The van der Waals surface area contributed by atoms with Crippen molar-refractivity contribution in [2.75, 3.05) is 29.5 Å². The molecule has 0 aliphatic carbocycles. The lowest BCUT2D eigenvalue weighted by molar-refractivity contribution is 0.811. The zero-order chi connectivity index (χ0) is 14.1. The van der Waals surface area contributed by atoms with E-state index >= 15 is 0 Å². The fourth-order valence-electron chi connectivity index (χ4n) is 1.40. The van der Waals surface area contributed by atoms with Gasteiger partial charge in [-0.1, -0.05) is 0 Å². The van der Waals surface area contributed by atoms with Gasteiger partial charge in [0.15, 0.2) is 0 Å². The van der Waals surface area contributed by atoms with E-state index in [1.165, 1.54) is 12.7 Å². The van der Waals surface area contributed by atoms with Gasteiger partial charge in [-0.05, 0) is 38.1 Å². The third kappa shape index (κ3) is 5.20. The fraction of sp³-hybridized carbons (Fsp3) is 0.308. The van der Waals surface area contributed by atoms with Gasteiger partial charge in [0, 0.05) is 24.5 Å². The maximum absolute atomic E-state index is 5.37. The Kier molecular flexibility index (Phi) is 6.08. The molecule has 0 fully saturated rings. The van der Waals surface area contributed by atoms with Crippen molar-refractivity contribution in [2.24, 2.45) is 0 Å². The molecule has 0 aliphatic heterocycles. The summed E-state index contributed by atoms with van der Waals surface area (Å²) in [4.78, 5) is 13.9. The predicted molar refractivity (Wildman–Crippen MR) is 78.7 cm³/mol. The third-order valence-electron chi connectivity index (χ3n) is 2.46. The first-order valence-corrected chi connectivity index (χ1v) is 6.15. The largest absolute Gasteiger partial charge is 0.399 e. The van der Waals surface area contributed by atoms with Gasteiger partial charge in [0.05, 0.1) is 0 Å². The smallest absolute Gasteiger partial charge is 0.228 e. The molecule has 0 amide bonds. The molecule has 1 aromatic carbocycles. The lowest BCUT2D eigenvalue weighted by atomic mass is 10.3. The SMILES string of the molecule is CCN(CC)c1ncncn1.Nc1ccc(N)cc1. The monoisotopic (exact) mass is 260 g/mol. The second kappa shape index (κ2) is 7.86. The molecule has 19 heavy (non-hydrogen) atoms. The van der Waals surface area contributed by atoms with Crippen molar-refractivity contribution in [3.05, 3.63) is 36.9 Å². The molecule has 6 heteroatoms. The Bertz CT molecular complexity index is 431. The molecule has 1 heterocycles. The number of hydrogen-bond donors (Lipinski definition) is 2. The van der Waals surface area contributed by atoms with E-state index < -0.39 is 0 Å². The molecular weight excluding hydrogens is 240 g/mol. The van der Waals surface area contributed by atoms with E-state index in [0.29, 0.717) is 0 Å². The Labute approximate surface area is 113 Å². The molecule has 6 nitrogen and oxygen atoms in total. The summed E-state index contributed by atoms with van der Waals surface area (Å²) in [7, 11) is 0. The number of anilines is 3. The van der Waals surface area contributed by atoms with E-state index in [9.17, 15) is 0 Å². The fourth-order valence-corrected chi connectivity index (χ4v) is 1.40. The minimum absolute atomic E-state index is 0.749. The van der Waals surface area contributed by atoms with Gasteiger partial charge in [-0.25, -0.2) is 15.0 Å². The van der Waals surface area contributed by atoms with Crippen LogP contribution in [0, 0.1) is 0 Å². The van der Waals surface area contributed by atoms with Crippen molar-refractivity contribution in [2.45, 2.75) is 13.8 Å². The molecular formula is C13H20N6. The average Bonchev–Trinajstić information content (AvgIpc) is 2.45. The molecule has 2 aromatic rings. The number of hydrogen-bond acceptors (Lipinski definition) is 6. The van der Waals surface area contributed by atoms with E-state index in [1.807, 2.05) is 0 Å². The Hall–Kier alpha value is -2.37. The van der Waals surface area contributed by atoms with Gasteiger partial charge in [0.1, 0.15) is 12.7 Å². The number of nitrogens with two attached hydrogens (primary N) is 2. The maximum atomic E-state index is 5.37. The van der Waals surface area contributed by atoms with E-state index in [4.69, 9.17) is 11.5 Å². The first-order chi connectivity index (χ1) is 9.17. The zero-order valence-electron chi connectivity index (χ0n) is 11.3. The number of nitrogens with zero attached hydrogens (tertiary/aromatic N) is 4. The first kappa shape index (κ1) is 14.7. The molecule has 0 unspecified atom stereocenters. The summed E-state index contributed by atoms with van der Waals surface area (Å²) in [6.45, 7) is 6.02. The summed E-state index contributed by atoms with van der Waals surface area (Å²) < 4.78 is 0. The molecule has 0 saturated carbocycles. The minimum Gasteiger partial charge on any atom is -0.399 e. The second-order valence-corrected chi connectivity index (χ2v) is 3.78. The lowest BCUT2D eigenvalue weighted by Gasteiger charge is -2.16. The third-order valence-corrected chi connectivity index (χ3v) is 2.46. The van der Waals surface area contributed by atoms with E-state index in [-0.39, 0.29) is 0 Å². The van der Waals surface area contributed by atoms with Crippen LogP contribution in [-0.2, 0) is 0 Å². The van der Waals surface area contributed by atoms with Gasteiger partial charge in [0.2, 0.25) is 5.95 Å². The molecule has 1 aromatic heterocycles. The summed E-state index contributed by atoms with van der Waals surface area (Å²) in [5.74, 6) is 0.755. The molecule has 2 rings (SSSR count). The molecule has 0 bridgehead atoms. The van der Waals surface area contributed by atoms with Crippen molar-refractivity contribution in [1.29, 1.82) is 0 Å². The van der Waals surface area contributed by atoms with Crippen LogP contribution in [0.3, 0.4) is 0 Å². The van der Waals surface area contributed by atoms with Gasteiger partial charge in [-0.2, -0.15) is 0 Å². The van der Waals surface area contributed by atoms with Gasteiger partial charge in [-0.15, -0.1) is 0 Å². The lowest BCUT2D eigenvalue weighted by Crippen LogP contribution is -2.23. The summed E-state index contributed by atoms with van der Waals surface area (Å²) in [5, 5.41) is 0. The van der Waals surface area contributed by atoms with Gasteiger partial charge in [0.25, 0.3) is 0 Å². The average molecular weight is 260 g/mol. The molecule has 0 aliphatic rings. The van der Waals surface area contributed by atoms with Crippen LogP contribution >= 0.6 is 0 Å². The summed E-state index contributed by atoms with van der Waals surface area (Å²) >= 11 is 0. The van der Waals surface area contributed by atoms with Crippen molar-refractivity contribution < 1.29 is 0 Å². The normalized spacial score (nSPS) is 9.37. The molecule has 4 N–H and O–H groups in total. The predicted octanol–water partition coefficient (Wildman–Crippen LogP) is 1.57.